The molecule has 7 heteroatoms. The molecule has 3 unspecified atom stereocenters. The highest BCUT2D eigenvalue weighted by molar-refractivity contribution is 5.85. The smallest absolute Gasteiger partial charge is 0.237 e. The van der Waals surface area contributed by atoms with Crippen molar-refractivity contribution in [1.82, 2.24) is 15.5 Å². The molecule has 0 spiro atoms. The number of benzene rings is 1. The lowest BCUT2D eigenvalue weighted by Crippen LogP contribution is -2.47. The van der Waals surface area contributed by atoms with Gasteiger partial charge in [0.2, 0.25) is 11.8 Å². The number of nitrogens with one attached hydrogen (secondary N) is 2. The van der Waals surface area contributed by atoms with Gasteiger partial charge >= 0.3 is 0 Å². The topological polar surface area (TPSA) is 70.7 Å². The number of amides is 2. The standard InChI is InChI=1S/C21H31N3O3.ClH/c1-15(17-7-9-18(27-2)10-8-17)21(26)24-12-4-5-16(14-24)13-23-20(25)19-6-3-11-22-19;/h7-10,15-16,19,22H,3-6,11-14H2,1-2H3,(H,23,25);1H. The first kappa shape index (κ1) is 22.5. The summed E-state index contributed by atoms with van der Waals surface area (Å²) < 4.78 is 5.19. The van der Waals surface area contributed by atoms with Crippen molar-refractivity contribution in [2.24, 2.45) is 5.92 Å². The van der Waals surface area contributed by atoms with E-state index in [4.69, 9.17) is 4.74 Å². The first-order chi connectivity index (χ1) is 13.1. The highest BCUT2D eigenvalue weighted by Crippen LogP contribution is 2.24. The minimum absolute atomic E-state index is 0. The number of piperidine rings is 1. The van der Waals surface area contributed by atoms with Crippen molar-refractivity contribution in [3.8, 4) is 5.75 Å². The molecular formula is C21H32ClN3O3. The van der Waals surface area contributed by atoms with Crippen LogP contribution in [-0.2, 0) is 9.59 Å². The van der Waals surface area contributed by atoms with Crippen LogP contribution < -0.4 is 15.4 Å². The van der Waals surface area contributed by atoms with Crippen LogP contribution in [0.1, 0.15) is 44.1 Å². The van der Waals surface area contributed by atoms with E-state index in [2.05, 4.69) is 10.6 Å². The van der Waals surface area contributed by atoms with Crippen molar-refractivity contribution >= 4 is 24.2 Å². The maximum Gasteiger partial charge on any atom is 0.237 e. The van der Waals surface area contributed by atoms with E-state index in [0.717, 1.165) is 56.6 Å². The van der Waals surface area contributed by atoms with Crippen molar-refractivity contribution in [3.05, 3.63) is 29.8 Å². The average molecular weight is 410 g/mol. The first-order valence-electron chi connectivity index (χ1n) is 10.0. The number of methoxy groups -OCH3 is 1. The Balaban J connectivity index is 0.00000280. The molecule has 2 N–H and O–H groups in total. The number of ether oxygens (including phenoxy) is 1. The molecule has 1 aromatic rings. The third-order valence-electron chi connectivity index (χ3n) is 5.76. The molecule has 2 fully saturated rings. The van der Waals surface area contributed by atoms with E-state index < -0.39 is 0 Å². The molecule has 28 heavy (non-hydrogen) atoms. The summed E-state index contributed by atoms with van der Waals surface area (Å²) in [6, 6.07) is 7.66. The normalized spacial score (nSPS) is 22.9. The number of halogens is 1. The third-order valence-corrected chi connectivity index (χ3v) is 5.76. The van der Waals surface area contributed by atoms with Crippen LogP contribution in [0.3, 0.4) is 0 Å². The largest absolute Gasteiger partial charge is 0.497 e. The van der Waals surface area contributed by atoms with Crippen LogP contribution in [0.5, 0.6) is 5.75 Å². The molecule has 2 amide bonds. The second kappa shape index (κ2) is 10.7. The van der Waals surface area contributed by atoms with Gasteiger partial charge in [0.1, 0.15) is 5.75 Å². The first-order valence-corrected chi connectivity index (χ1v) is 10.0. The maximum absolute atomic E-state index is 12.9. The summed E-state index contributed by atoms with van der Waals surface area (Å²) in [6.07, 6.45) is 4.02. The summed E-state index contributed by atoms with van der Waals surface area (Å²) in [5, 5.41) is 6.30. The number of carbonyl (C=O) groups is 2. The van der Waals surface area contributed by atoms with Crippen LogP contribution in [-0.4, -0.2) is 56.0 Å². The van der Waals surface area contributed by atoms with Crippen LogP contribution in [0.25, 0.3) is 0 Å². The summed E-state index contributed by atoms with van der Waals surface area (Å²) >= 11 is 0. The van der Waals surface area contributed by atoms with E-state index in [1.165, 1.54) is 0 Å². The summed E-state index contributed by atoms with van der Waals surface area (Å²) in [5.41, 5.74) is 1.00. The molecule has 156 valence electrons. The van der Waals surface area contributed by atoms with Crippen molar-refractivity contribution in [1.29, 1.82) is 0 Å². The van der Waals surface area contributed by atoms with E-state index >= 15 is 0 Å². The predicted octanol–water partition coefficient (Wildman–Crippen LogP) is 2.33. The lowest BCUT2D eigenvalue weighted by atomic mass is 9.94. The fraction of sp³-hybridized carbons (Fsp3) is 0.619. The van der Waals surface area contributed by atoms with Gasteiger partial charge in [-0.1, -0.05) is 12.1 Å². The van der Waals surface area contributed by atoms with Crippen molar-refractivity contribution in [2.75, 3.05) is 33.3 Å². The molecule has 0 saturated carbocycles. The molecule has 2 aliphatic heterocycles. The molecule has 0 radical (unpaired) electrons. The molecule has 3 rings (SSSR count). The van der Waals surface area contributed by atoms with Gasteiger partial charge in [0.05, 0.1) is 19.1 Å². The van der Waals surface area contributed by atoms with Crippen molar-refractivity contribution in [3.63, 3.8) is 0 Å². The third kappa shape index (κ3) is 5.61. The van der Waals surface area contributed by atoms with E-state index in [1.807, 2.05) is 36.1 Å². The van der Waals surface area contributed by atoms with Crippen molar-refractivity contribution in [2.45, 2.75) is 44.6 Å². The number of likely N-dealkylation sites (tertiary alicyclic amines) is 1. The van der Waals surface area contributed by atoms with E-state index in [0.29, 0.717) is 12.5 Å². The van der Waals surface area contributed by atoms with Crippen LogP contribution in [0.4, 0.5) is 0 Å². The van der Waals surface area contributed by atoms with Gasteiger partial charge in [0.15, 0.2) is 0 Å². The quantitative estimate of drug-likeness (QED) is 0.756. The fourth-order valence-corrected chi connectivity index (χ4v) is 4.02. The maximum atomic E-state index is 12.9. The van der Waals surface area contributed by atoms with Crippen molar-refractivity contribution < 1.29 is 14.3 Å². The summed E-state index contributed by atoms with van der Waals surface area (Å²) in [7, 11) is 1.64. The second-order valence-electron chi connectivity index (χ2n) is 7.68. The van der Waals surface area contributed by atoms with Gasteiger partial charge < -0.3 is 20.3 Å². The molecule has 0 bridgehead atoms. The predicted molar refractivity (Wildman–Crippen MR) is 112 cm³/mol. The molecule has 1 aromatic carbocycles. The zero-order chi connectivity index (χ0) is 19.2. The SMILES string of the molecule is COc1ccc(C(C)C(=O)N2CCCC(CNC(=O)C3CCCN3)C2)cc1.Cl. The van der Waals surface area contributed by atoms with E-state index in [-0.39, 0.29) is 36.2 Å². The van der Waals surface area contributed by atoms with Gasteiger partial charge in [-0.05, 0) is 62.8 Å². The Labute approximate surface area is 173 Å². The Morgan fingerprint density at radius 3 is 2.64 bits per heavy atom. The van der Waals surface area contributed by atoms with E-state index in [9.17, 15) is 9.59 Å². The van der Waals surface area contributed by atoms with Gasteiger partial charge in [0, 0.05) is 19.6 Å². The molecular weight excluding hydrogens is 378 g/mol. The zero-order valence-electron chi connectivity index (χ0n) is 16.8. The molecule has 2 aliphatic rings. The highest BCUT2D eigenvalue weighted by Gasteiger charge is 2.28. The number of hydrogen-bond donors (Lipinski definition) is 2. The Kier molecular flexibility index (Phi) is 8.58. The molecule has 6 nitrogen and oxygen atoms in total. The fourth-order valence-electron chi connectivity index (χ4n) is 4.02. The van der Waals surface area contributed by atoms with Gasteiger partial charge in [-0.15, -0.1) is 12.4 Å². The Morgan fingerprint density at radius 2 is 2.00 bits per heavy atom. The van der Waals surface area contributed by atoms with Crippen LogP contribution >= 0.6 is 12.4 Å². The zero-order valence-corrected chi connectivity index (χ0v) is 17.6. The van der Waals surface area contributed by atoms with Crippen LogP contribution in [0.2, 0.25) is 0 Å². The highest BCUT2D eigenvalue weighted by atomic mass is 35.5. The van der Waals surface area contributed by atoms with Gasteiger partial charge in [-0.25, -0.2) is 0 Å². The van der Waals surface area contributed by atoms with Crippen LogP contribution in [0, 0.1) is 5.92 Å². The molecule has 0 aromatic heterocycles. The lowest BCUT2D eigenvalue weighted by molar-refractivity contribution is -0.134. The Morgan fingerprint density at radius 1 is 1.25 bits per heavy atom. The Hall–Kier alpha value is -1.79. The van der Waals surface area contributed by atoms with Gasteiger partial charge in [-0.3, -0.25) is 9.59 Å². The number of nitrogens with zero attached hydrogens (tertiary/aromatic N) is 1. The number of carbonyl (C=O) groups excluding carboxylic acids is 2. The molecule has 2 heterocycles. The monoisotopic (exact) mass is 409 g/mol. The summed E-state index contributed by atoms with van der Waals surface area (Å²) in [6.45, 7) is 5.05. The number of hydrogen-bond acceptors (Lipinski definition) is 4. The molecule has 0 aliphatic carbocycles. The summed E-state index contributed by atoms with van der Waals surface area (Å²) in [5.74, 6) is 1.21. The minimum Gasteiger partial charge on any atom is -0.497 e. The summed E-state index contributed by atoms with van der Waals surface area (Å²) in [4.78, 5) is 27.1. The Bertz CT molecular complexity index is 647. The lowest BCUT2D eigenvalue weighted by Gasteiger charge is -2.34. The number of rotatable bonds is 6. The molecule has 2 saturated heterocycles. The minimum atomic E-state index is -0.174. The van der Waals surface area contributed by atoms with E-state index in [1.54, 1.807) is 7.11 Å². The second-order valence-corrected chi connectivity index (χ2v) is 7.68. The van der Waals surface area contributed by atoms with Gasteiger partial charge in [-0.2, -0.15) is 0 Å². The average Bonchev–Trinajstić information content (AvgIpc) is 3.26. The van der Waals surface area contributed by atoms with Crippen LogP contribution in [0.15, 0.2) is 24.3 Å². The van der Waals surface area contributed by atoms with Gasteiger partial charge in [0.25, 0.3) is 0 Å². The molecule has 3 atom stereocenters.